The highest BCUT2D eigenvalue weighted by Gasteiger charge is 2.14. The van der Waals surface area contributed by atoms with Crippen LogP contribution in [0.4, 0.5) is 0 Å². The van der Waals surface area contributed by atoms with Crippen LogP contribution in [0.3, 0.4) is 0 Å². The van der Waals surface area contributed by atoms with Crippen molar-refractivity contribution in [3.05, 3.63) is 11.9 Å². The number of hydrogen-bond donors (Lipinski definition) is 0. The third-order valence-electron chi connectivity index (χ3n) is 1.18. The summed E-state index contributed by atoms with van der Waals surface area (Å²) in [6.45, 7) is 1.35. The summed E-state index contributed by atoms with van der Waals surface area (Å²) in [7, 11) is -0.556. The number of rotatable bonds is 5. The maximum Gasteiger partial charge on any atom is 0.353 e. The highest BCUT2D eigenvalue weighted by molar-refractivity contribution is 7.57. The van der Waals surface area contributed by atoms with Crippen LogP contribution in [0.1, 0.15) is 6.92 Å². The van der Waals surface area contributed by atoms with Gasteiger partial charge in [0, 0.05) is 27.0 Å². The molecule has 0 aromatic carbocycles. The van der Waals surface area contributed by atoms with E-state index in [1.54, 1.807) is 0 Å². The maximum absolute atomic E-state index is 11.3. The molecular formula is C7H13O5P. The van der Waals surface area contributed by atoms with E-state index in [0.717, 1.165) is 0 Å². The van der Waals surface area contributed by atoms with Crippen molar-refractivity contribution < 1.29 is 23.1 Å². The molecule has 0 fully saturated rings. The van der Waals surface area contributed by atoms with Crippen LogP contribution in [-0.2, 0) is 23.1 Å². The topological polar surface area (TPSA) is 61.8 Å². The normalized spacial score (nSPS) is 11.9. The van der Waals surface area contributed by atoms with Gasteiger partial charge in [0.05, 0.1) is 0 Å². The molecule has 0 aromatic rings. The predicted molar refractivity (Wildman–Crippen MR) is 47.4 cm³/mol. The van der Waals surface area contributed by atoms with E-state index < -0.39 is 13.6 Å². The first-order chi connectivity index (χ1) is 6.04. The molecule has 0 N–H and O–H groups in total. The largest absolute Gasteiger partial charge is 0.462 e. The fraction of sp³-hybridized carbons (Fsp3) is 0.571. The Morgan fingerprint density at radius 2 is 1.92 bits per heavy atom. The molecule has 0 saturated carbocycles. The summed E-state index contributed by atoms with van der Waals surface area (Å²) in [6, 6.07) is 0. The van der Waals surface area contributed by atoms with Gasteiger partial charge in [0.1, 0.15) is 6.61 Å². The van der Waals surface area contributed by atoms with Crippen molar-refractivity contribution in [3.63, 3.8) is 0 Å². The predicted octanol–water partition coefficient (Wildman–Crippen LogP) is 1.55. The minimum atomic E-state index is -3.11. The summed E-state index contributed by atoms with van der Waals surface area (Å²) in [5.41, 5.74) is 0. The lowest BCUT2D eigenvalue weighted by molar-refractivity contribution is -0.139. The fourth-order valence-electron chi connectivity index (χ4n) is 0.534. The first kappa shape index (κ1) is 12.4. The lowest BCUT2D eigenvalue weighted by atomic mass is 10.7. The number of esters is 1. The summed E-state index contributed by atoms with van der Waals surface area (Å²) >= 11 is 0. The van der Waals surface area contributed by atoms with Crippen molar-refractivity contribution in [2.24, 2.45) is 0 Å². The van der Waals surface area contributed by atoms with Crippen LogP contribution in [0.15, 0.2) is 11.9 Å². The molecule has 6 heteroatoms. The van der Waals surface area contributed by atoms with E-state index in [-0.39, 0.29) is 6.61 Å². The van der Waals surface area contributed by atoms with Crippen LogP contribution in [0.25, 0.3) is 0 Å². The molecule has 0 bridgehead atoms. The van der Waals surface area contributed by atoms with Crippen molar-refractivity contribution in [1.29, 1.82) is 0 Å². The first-order valence-electron chi connectivity index (χ1n) is 3.56. The monoisotopic (exact) mass is 208 g/mol. The van der Waals surface area contributed by atoms with Crippen LogP contribution >= 0.6 is 7.60 Å². The average Bonchev–Trinajstić information content (AvgIpc) is 2.12. The second-order valence-corrected chi connectivity index (χ2v) is 4.20. The fourth-order valence-corrected chi connectivity index (χ4v) is 1.27. The molecule has 0 amide bonds. The van der Waals surface area contributed by atoms with Crippen molar-refractivity contribution in [2.45, 2.75) is 6.92 Å². The van der Waals surface area contributed by atoms with Gasteiger partial charge in [0.25, 0.3) is 0 Å². The zero-order valence-electron chi connectivity index (χ0n) is 7.85. The SMILES string of the molecule is COP(=O)(/C=C/COC(C)=O)OC. The minimum absolute atomic E-state index is 0.0616. The summed E-state index contributed by atoms with van der Waals surface area (Å²) in [5, 5.41) is 0. The van der Waals surface area contributed by atoms with E-state index in [4.69, 9.17) is 0 Å². The average molecular weight is 208 g/mol. The molecule has 0 radical (unpaired) electrons. The van der Waals surface area contributed by atoms with Crippen molar-refractivity contribution in [1.82, 2.24) is 0 Å². The Hall–Kier alpha value is -0.640. The molecule has 76 valence electrons. The molecule has 0 unspecified atom stereocenters. The number of carbonyl (C=O) groups excluding carboxylic acids is 1. The Morgan fingerprint density at radius 1 is 1.38 bits per heavy atom. The molecule has 0 saturated heterocycles. The zero-order chi connectivity index (χ0) is 10.3. The van der Waals surface area contributed by atoms with Gasteiger partial charge in [-0.1, -0.05) is 0 Å². The van der Waals surface area contributed by atoms with Gasteiger partial charge in [-0.05, 0) is 6.08 Å². The third kappa shape index (κ3) is 5.58. The molecule has 0 aliphatic rings. The van der Waals surface area contributed by atoms with Crippen LogP contribution in [0.2, 0.25) is 0 Å². The standard InChI is InChI=1S/C7H13O5P/c1-7(8)12-5-4-6-13(9,10-2)11-3/h4,6H,5H2,1-3H3/b6-4+. The van der Waals surface area contributed by atoms with Gasteiger partial charge in [-0.3, -0.25) is 9.36 Å². The van der Waals surface area contributed by atoms with Crippen molar-refractivity contribution >= 4 is 13.6 Å². The van der Waals surface area contributed by atoms with E-state index in [2.05, 4.69) is 13.8 Å². The molecule has 0 heterocycles. The minimum Gasteiger partial charge on any atom is -0.462 e. The second kappa shape index (κ2) is 5.91. The molecule has 0 atom stereocenters. The Labute approximate surface area is 77.2 Å². The molecule has 0 aliphatic heterocycles. The molecule has 5 nitrogen and oxygen atoms in total. The van der Waals surface area contributed by atoms with E-state index in [1.807, 2.05) is 0 Å². The van der Waals surface area contributed by atoms with Gasteiger partial charge in [-0.25, -0.2) is 0 Å². The molecule has 0 rings (SSSR count). The number of hydrogen-bond acceptors (Lipinski definition) is 5. The Kier molecular flexibility index (Phi) is 5.62. The molecular weight excluding hydrogens is 195 g/mol. The molecule has 13 heavy (non-hydrogen) atoms. The molecule has 0 aromatic heterocycles. The highest BCUT2D eigenvalue weighted by atomic mass is 31.2. The lowest BCUT2D eigenvalue weighted by Crippen LogP contribution is -1.97. The van der Waals surface area contributed by atoms with Crippen molar-refractivity contribution in [3.8, 4) is 0 Å². The van der Waals surface area contributed by atoms with E-state index in [9.17, 15) is 9.36 Å². The number of carbonyl (C=O) groups is 1. The van der Waals surface area contributed by atoms with Gasteiger partial charge in [0.2, 0.25) is 0 Å². The first-order valence-corrected chi connectivity index (χ1v) is 5.17. The summed E-state index contributed by atoms with van der Waals surface area (Å²) in [4.78, 5) is 10.3. The van der Waals surface area contributed by atoms with E-state index in [1.165, 1.54) is 33.0 Å². The highest BCUT2D eigenvalue weighted by Crippen LogP contribution is 2.47. The summed E-state index contributed by atoms with van der Waals surface area (Å²) in [5.74, 6) is 0.852. The van der Waals surface area contributed by atoms with Crippen LogP contribution in [0.5, 0.6) is 0 Å². The third-order valence-corrected chi connectivity index (χ3v) is 2.77. The van der Waals surface area contributed by atoms with Crippen molar-refractivity contribution in [2.75, 3.05) is 20.8 Å². The Bertz CT molecular complexity index is 227. The second-order valence-electron chi connectivity index (χ2n) is 2.09. The van der Waals surface area contributed by atoms with E-state index >= 15 is 0 Å². The van der Waals surface area contributed by atoms with Crippen LogP contribution in [-0.4, -0.2) is 26.8 Å². The molecule has 0 aliphatic carbocycles. The maximum atomic E-state index is 11.3. The van der Waals surface area contributed by atoms with Gasteiger partial charge >= 0.3 is 13.6 Å². The Morgan fingerprint density at radius 3 is 2.31 bits per heavy atom. The summed E-state index contributed by atoms with van der Waals surface area (Å²) in [6.07, 6.45) is 1.41. The number of ether oxygens (including phenoxy) is 1. The van der Waals surface area contributed by atoms with Crippen LogP contribution in [0, 0.1) is 0 Å². The summed E-state index contributed by atoms with van der Waals surface area (Å²) < 4.78 is 25.1. The van der Waals surface area contributed by atoms with E-state index in [0.29, 0.717) is 0 Å². The smallest absolute Gasteiger partial charge is 0.353 e. The quantitative estimate of drug-likeness (QED) is 0.506. The van der Waals surface area contributed by atoms with Gasteiger partial charge in [-0.2, -0.15) is 0 Å². The van der Waals surface area contributed by atoms with Crippen LogP contribution < -0.4 is 0 Å². The lowest BCUT2D eigenvalue weighted by Gasteiger charge is -2.07. The zero-order valence-corrected chi connectivity index (χ0v) is 8.74. The van der Waals surface area contributed by atoms with Gasteiger partial charge in [0.15, 0.2) is 0 Å². The Balaban J connectivity index is 3.95. The van der Waals surface area contributed by atoms with Gasteiger partial charge < -0.3 is 13.8 Å². The molecule has 0 spiro atoms. The van der Waals surface area contributed by atoms with Gasteiger partial charge in [-0.15, -0.1) is 0 Å².